The summed E-state index contributed by atoms with van der Waals surface area (Å²) in [7, 11) is 6.10. The number of nitrogens with zero attached hydrogens (tertiary/aromatic N) is 6. The average molecular weight is 573 g/mol. The molecule has 9 nitrogen and oxygen atoms in total. The van der Waals surface area contributed by atoms with E-state index in [9.17, 15) is 0 Å². The zero-order valence-electron chi connectivity index (χ0n) is 25.9. The van der Waals surface area contributed by atoms with E-state index in [0.717, 1.165) is 84.8 Å². The van der Waals surface area contributed by atoms with Gasteiger partial charge in [0.25, 0.3) is 0 Å². The van der Waals surface area contributed by atoms with Crippen molar-refractivity contribution in [3.05, 3.63) is 65.1 Å². The second kappa shape index (κ2) is 13.0. The number of nitrogens with one attached hydrogen (secondary N) is 2. The van der Waals surface area contributed by atoms with Crippen molar-refractivity contribution in [1.82, 2.24) is 34.6 Å². The van der Waals surface area contributed by atoms with E-state index in [1.807, 2.05) is 7.11 Å². The Kier molecular flexibility index (Phi) is 8.97. The maximum Gasteiger partial charge on any atom is 0.158 e. The standard InChI is InChI=1S/C33H48N8O/c1-5-34-27-8-6-7-9-28(27)36-33-32-29(14-15-39(32)3)35-31(37-33)22-24-10-11-26(23-30(24)42-4)40-16-12-25(13-17-40)41-20-18-38(2)19-21-41/h8-11,14-15,25-26,34H,5-7,12-13,16-23H2,1-4H3,(H,35,36,37). The van der Waals surface area contributed by atoms with E-state index >= 15 is 0 Å². The molecule has 0 amide bonds. The van der Waals surface area contributed by atoms with Crippen molar-refractivity contribution in [2.45, 2.75) is 57.5 Å². The monoisotopic (exact) mass is 572 g/mol. The third-order valence-electron chi connectivity index (χ3n) is 9.43. The molecule has 1 atom stereocenters. The number of hydrogen-bond donors (Lipinski definition) is 2. The minimum absolute atomic E-state index is 0.390. The molecule has 6 rings (SSSR count). The minimum atomic E-state index is 0.390. The molecule has 2 aliphatic carbocycles. The number of piperazine rings is 1. The van der Waals surface area contributed by atoms with Crippen molar-refractivity contribution >= 4 is 16.9 Å². The number of ether oxygens (including phenoxy) is 1. The van der Waals surface area contributed by atoms with Gasteiger partial charge in [-0.15, -0.1) is 0 Å². The lowest BCUT2D eigenvalue weighted by Gasteiger charge is -2.44. The fraction of sp³-hybridized carbons (Fsp3) is 0.576. The molecule has 0 spiro atoms. The molecule has 2 saturated heterocycles. The van der Waals surface area contributed by atoms with Gasteiger partial charge in [0.05, 0.1) is 24.0 Å². The van der Waals surface area contributed by atoms with Gasteiger partial charge in [0.1, 0.15) is 17.1 Å². The lowest BCUT2D eigenvalue weighted by Crippen LogP contribution is -2.53. The average Bonchev–Trinajstić information content (AvgIpc) is 3.39. The summed E-state index contributed by atoms with van der Waals surface area (Å²) in [5.74, 6) is 2.71. The molecule has 0 aromatic carbocycles. The summed E-state index contributed by atoms with van der Waals surface area (Å²) in [5, 5.41) is 7.14. The first-order valence-corrected chi connectivity index (χ1v) is 15.9. The van der Waals surface area contributed by atoms with Crippen molar-refractivity contribution in [2.75, 3.05) is 65.3 Å². The zero-order chi connectivity index (χ0) is 29.1. The van der Waals surface area contributed by atoms with E-state index in [1.165, 1.54) is 44.6 Å². The summed E-state index contributed by atoms with van der Waals surface area (Å²) in [4.78, 5) is 17.9. The minimum Gasteiger partial charge on any atom is -0.501 e. The molecular formula is C33H48N8O. The quantitative estimate of drug-likeness (QED) is 0.467. The first-order valence-electron chi connectivity index (χ1n) is 15.9. The predicted molar refractivity (Wildman–Crippen MR) is 170 cm³/mol. The Labute approximate surface area is 251 Å². The number of likely N-dealkylation sites (N-methyl/N-ethyl adjacent to an activating group) is 2. The van der Waals surface area contributed by atoms with E-state index < -0.39 is 0 Å². The van der Waals surface area contributed by atoms with E-state index in [-0.39, 0.29) is 0 Å². The van der Waals surface area contributed by atoms with Crippen LogP contribution in [-0.4, -0.2) is 101 Å². The lowest BCUT2D eigenvalue weighted by atomic mass is 9.94. The van der Waals surface area contributed by atoms with Gasteiger partial charge in [0, 0.05) is 84.0 Å². The molecule has 0 bridgehead atoms. The van der Waals surface area contributed by atoms with Crippen molar-refractivity contribution < 1.29 is 4.74 Å². The van der Waals surface area contributed by atoms with Crippen molar-refractivity contribution in [1.29, 1.82) is 0 Å². The summed E-state index contributed by atoms with van der Waals surface area (Å²) in [5.41, 5.74) is 5.37. The molecule has 2 N–H and O–H groups in total. The van der Waals surface area contributed by atoms with Crippen LogP contribution in [0.15, 0.2) is 59.3 Å². The maximum absolute atomic E-state index is 6.00. The normalized spacial score (nSPS) is 23.3. The number of anilines is 1. The van der Waals surface area contributed by atoms with Gasteiger partial charge in [0.15, 0.2) is 5.82 Å². The Morgan fingerprint density at radius 2 is 1.71 bits per heavy atom. The number of fused-ring (bicyclic) bond motifs is 1. The van der Waals surface area contributed by atoms with E-state index in [2.05, 4.69) is 87.5 Å². The van der Waals surface area contributed by atoms with E-state index in [4.69, 9.17) is 14.7 Å². The van der Waals surface area contributed by atoms with Crippen LogP contribution in [-0.2, 0) is 18.2 Å². The highest BCUT2D eigenvalue weighted by Crippen LogP contribution is 2.30. The fourth-order valence-corrected chi connectivity index (χ4v) is 6.96. The van der Waals surface area contributed by atoms with Crippen molar-refractivity contribution in [2.24, 2.45) is 7.05 Å². The number of rotatable bonds is 9. The molecule has 226 valence electrons. The molecule has 42 heavy (non-hydrogen) atoms. The molecule has 4 heterocycles. The Balaban J connectivity index is 1.14. The lowest BCUT2D eigenvalue weighted by molar-refractivity contribution is 0.0581. The smallest absolute Gasteiger partial charge is 0.158 e. The Bertz CT molecular complexity index is 1370. The molecule has 4 aliphatic rings. The molecule has 9 heteroatoms. The van der Waals surface area contributed by atoms with Gasteiger partial charge in [-0.3, -0.25) is 9.80 Å². The van der Waals surface area contributed by atoms with Crippen LogP contribution in [0.3, 0.4) is 0 Å². The Morgan fingerprint density at radius 1 is 0.952 bits per heavy atom. The topological polar surface area (TPSA) is 73.7 Å². The largest absolute Gasteiger partial charge is 0.501 e. The highest BCUT2D eigenvalue weighted by molar-refractivity contribution is 5.87. The van der Waals surface area contributed by atoms with E-state index in [1.54, 1.807) is 0 Å². The maximum atomic E-state index is 6.00. The summed E-state index contributed by atoms with van der Waals surface area (Å²) < 4.78 is 8.09. The number of aryl methyl sites for hydroxylation is 1. The first-order chi connectivity index (χ1) is 20.5. The summed E-state index contributed by atoms with van der Waals surface area (Å²) in [6.45, 7) is 10.1. The van der Waals surface area contributed by atoms with Crippen LogP contribution in [0.2, 0.25) is 0 Å². The van der Waals surface area contributed by atoms with E-state index in [0.29, 0.717) is 12.5 Å². The van der Waals surface area contributed by atoms with Gasteiger partial charge in [0.2, 0.25) is 0 Å². The van der Waals surface area contributed by atoms with Crippen LogP contribution in [0.25, 0.3) is 11.0 Å². The summed E-state index contributed by atoms with van der Waals surface area (Å²) >= 11 is 0. The van der Waals surface area contributed by atoms with Gasteiger partial charge in [-0.25, -0.2) is 9.97 Å². The number of methoxy groups -OCH3 is 1. The van der Waals surface area contributed by atoms with Crippen LogP contribution in [0.5, 0.6) is 0 Å². The number of aromatic nitrogens is 3. The summed E-state index contributed by atoms with van der Waals surface area (Å²) in [6.07, 6.45) is 17.4. The number of piperidine rings is 1. The van der Waals surface area contributed by atoms with Crippen LogP contribution < -0.4 is 10.6 Å². The Morgan fingerprint density at radius 3 is 2.45 bits per heavy atom. The fourth-order valence-electron chi connectivity index (χ4n) is 6.96. The van der Waals surface area contributed by atoms with Crippen LogP contribution in [0, 0.1) is 0 Å². The number of likely N-dealkylation sites (tertiary alicyclic amines) is 1. The zero-order valence-corrected chi connectivity index (χ0v) is 25.9. The van der Waals surface area contributed by atoms with Gasteiger partial charge < -0.3 is 24.8 Å². The first kappa shape index (κ1) is 29.0. The Hall–Kier alpha value is -3.14. The van der Waals surface area contributed by atoms with Gasteiger partial charge in [-0.1, -0.05) is 24.3 Å². The molecule has 2 aromatic heterocycles. The molecular weight excluding hydrogens is 524 g/mol. The molecule has 0 saturated carbocycles. The number of allylic oxidation sites excluding steroid dienone is 4. The molecule has 0 radical (unpaired) electrons. The molecule has 1 unspecified atom stereocenters. The molecule has 2 aliphatic heterocycles. The van der Waals surface area contributed by atoms with Gasteiger partial charge in [-0.05, 0) is 51.3 Å². The molecule has 2 fully saturated rings. The third kappa shape index (κ3) is 6.28. The summed E-state index contributed by atoms with van der Waals surface area (Å²) in [6, 6.07) is 3.20. The molecule has 2 aromatic rings. The highest BCUT2D eigenvalue weighted by atomic mass is 16.5. The van der Waals surface area contributed by atoms with Gasteiger partial charge in [-0.2, -0.15) is 0 Å². The predicted octanol–water partition coefficient (Wildman–Crippen LogP) is 4.03. The third-order valence-corrected chi connectivity index (χ3v) is 9.43. The van der Waals surface area contributed by atoms with Crippen molar-refractivity contribution in [3.8, 4) is 0 Å². The second-order valence-electron chi connectivity index (χ2n) is 12.2. The second-order valence-corrected chi connectivity index (χ2v) is 12.2. The van der Waals surface area contributed by atoms with Gasteiger partial charge >= 0.3 is 0 Å². The highest BCUT2D eigenvalue weighted by Gasteiger charge is 2.31. The van der Waals surface area contributed by atoms with Crippen LogP contribution in [0.1, 0.15) is 44.9 Å². The van der Waals surface area contributed by atoms with Crippen LogP contribution >= 0.6 is 0 Å². The van der Waals surface area contributed by atoms with Crippen LogP contribution in [0.4, 0.5) is 5.82 Å². The van der Waals surface area contributed by atoms with Crippen molar-refractivity contribution in [3.63, 3.8) is 0 Å². The SMILES string of the molecule is CCNC1=CCCC=C1Nc1nc(CC2=C(OC)CC(N3CCC(N4CCN(C)CC4)CC3)C=C2)nc2ccn(C)c12. The number of hydrogen-bond acceptors (Lipinski definition) is 8.